The second kappa shape index (κ2) is 3.69. The van der Waals surface area contributed by atoms with E-state index in [0.717, 1.165) is 0 Å². The third-order valence-electron chi connectivity index (χ3n) is 0.546. The number of carbonyl (C=O) groups excluding carboxylic acids is 1. The molecule has 0 aliphatic heterocycles. The third-order valence-corrected chi connectivity index (χ3v) is 1.17. The average Bonchev–Trinajstić information content (AvgIpc) is 1.72. The molecular weight excluding hydrogens is 109 g/mol. The first kappa shape index (κ1) is 6.51. The Kier molecular flexibility index (Phi) is 3.43. The molecule has 0 aromatic carbocycles. The van der Waals surface area contributed by atoms with Crippen LogP contribution in [-0.4, -0.2) is 6.29 Å². The first-order chi connectivity index (χ1) is 3.35. The van der Waals surface area contributed by atoms with Crippen LogP contribution >= 0.6 is 8.37 Å². The van der Waals surface area contributed by atoms with Crippen LogP contribution in [0.4, 0.5) is 0 Å². The molecule has 0 heterocycles. The smallest absolute Gasteiger partial charge is 0.155 e. The van der Waals surface area contributed by atoms with Crippen molar-refractivity contribution in [2.75, 3.05) is 0 Å². The van der Waals surface area contributed by atoms with Gasteiger partial charge in [-0.15, -0.1) is 0 Å². The Morgan fingerprint density at radius 1 is 1.86 bits per heavy atom. The van der Waals surface area contributed by atoms with Crippen molar-refractivity contribution in [1.29, 1.82) is 5.16 Å². The minimum atomic E-state index is 0.302. The molecule has 0 aliphatic carbocycles. The summed E-state index contributed by atoms with van der Waals surface area (Å²) in [6, 6.07) is 0. The lowest BCUT2D eigenvalue weighted by atomic mass is 10.6. The summed E-state index contributed by atoms with van der Waals surface area (Å²) >= 11 is 0. The predicted octanol–water partition coefficient (Wildman–Crippen LogP) is 1.80. The Hall–Kier alpha value is -0.490. The molecule has 7 heavy (non-hydrogen) atoms. The number of nitrogens with one attached hydrogen (secondary N) is 1. The van der Waals surface area contributed by atoms with E-state index in [1.54, 1.807) is 13.0 Å². The van der Waals surface area contributed by atoms with Gasteiger partial charge in [-0.1, -0.05) is 6.08 Å². The molecule has 0 aliphatic rings. The van der Waals surface area contributed by atoms with Crippen LogP contribution in [0.3, 0.4) is 0 Å². The van der Waals surface area contributed by atoms with Crippen molar-refractivity contribution in [3.05, 3.63) is 11.4 Å². The SMILES string of the molecule is C/C=C(/C=O)P=N. The van der Waals surface area contributed by atoms with E-state index in [-0.39, 0.29) is 0 Å². The zero-order valence-electron chi connectivity index (χ0n) is 4.01. The van der Waals surface area contributed by atoms with Gasteiger partial charge in [-0.3, -0.25) is 9.96 Å². The van der Waals surface area contributed by atoms with Crippen molar-refractivity contribution in [3.63, 3.8) is 0 Å². The first-order valence-corrected chi connectivity index (χ1v) is 2.73. The average molecular weight is 115 g/mol. The van der Waals surface area contributed by atoms with Crippen LogP contribution in [0, 0.1) is 5.16 Å². The molecule has 0 saturated heterocycles. The minimum absolute atomic E-state index is 0.302. The minimum Gasteiger partial charge on any atom is -0.297 e. The van der Waals surface area contributed by atoms with Gasteiger partial charge in [0.25, 0.3) is 0 Å². The van der Waals surface area contributed by atoms with Crippen LogP contribution in [0.15, 0.2) is 11.4 Å². The maximum absolute atomic E-state index is 9.77. The molecule has 3 heteroatoms. The number of hydrogen-bond acceptors (Lipinski definition) is 2. The van der Waals surface area contributed by atoms with E-state index >= 15 is 0 Å². The monoisotopic (exact) mass is 115 g/mol. The van der Waals surface area contributed by atoms with Gasteiger partial charge in [0.15, 0.2) is 6.29 Å². The molecule has 0 bridgehead atoms. The quantitative estimate of drug-likeness (QED) is 0.332. The predicted molar refractivity (Wildman–Crippen MR) is 29.5 cm³/mol. The lowest BCUT2D eigenvalue weighted by Crippen LogP contribution is -1.65. The molecule has 0 aromatic heterocycles. The van der Waals surface area contributed by atoms with Gasteiger partial charge in [0.05, 0.1) is 5.31 Å². The maximum atomic E-state index is 9.77. The van der Waals surface area contributed by atoms with Crippen molar-refractivity contribution in [3.8, 4) is 0 Å². The summed E-state index contributed by atoms with van der Waals surface area (Å²) in [5, 5.41) is 7.15. The van der Waals surface area contributed by atoms with Crippen LogP contribution < -0.4 is 0 Å². The molecule has 1 N–H and O–H groups in total. The lowest BCUT2D eigenvalue weighted by Gasteiger charge is -1.74. The number of carbonyl (C=O) groups is 1. The number of hydrogen-bond donors (Lipinski definition) is 1. The van der Waals surface area contributed by atoms with Gasteiger partial charge in [0.2, 0.25) is 0 Å². The van der Waals surface area contributed by atoms with Gasteiger partial charge in [0, 0.05) is 8.37 Å². The van der Waals surface area contributed by atoms with Gasteiger partial charge in [-0.25, -0.2) is 0 Å². The molecule has 2 nitrogen and oxygen atoms in total. The van der Waals surface area contributed by atoms with Gasteiger partial charge < -0.3 is 0 Å². The molecule has 0 fully saturated rings. The number of aldehydes is 1. The topological polar surface area (TPSA) is 40.9 Å². The van der Waals surface area contributed by atoms with Crippen LogP contribution in [-0.2, 0) is 4.79 Å². The zero-order valence-corrected chi connectivity index (χ0v) is 4.90. The highest BCUT2D eigenvalue weighted by Crippen LogP contribution is 2.06. The summed E-state index contributed by atoms with van der Waals surface area (Å²) in [6.45, 7) is 1.74. The zero-order chi connectivity index (χ0) is 5.70. The Morgan fingerprint density at radius 2 is 2.43 bits per heavy atom. The fourth-order valence-electron chi connectivity index (χ4n) is 0.159. The van der Waals surface area contributed by atoms with Crippen molar-refractivity contribution in [1.82, 2.24) is 0 Å². The van der Waals surface area contributed by atoms with Crippen molar-refractivity contribution >= 4 is 14.7 Å². The fourth-order valence-corrected chi connectivity index (χ4v) is 0.341. The van der Waals surface area contributed by atoms with E-state index in [4.69, 9.17) is 5.16 Å². The summed E-state index contributed by atoms with van der Waals surface area (Å²) in [5.74, 6) is 0. The van der Waals surface area contributed by atoms with E-state index < -0.39 is 0 Å². The van der Waals surface area contributed by atoms with E-state index in [0.29, 0.717) is 20.0 Å². The molecule has 38 valence electrons. The summed E-state index contributed by atoms with van der Waals surface area (Å²) in [5.41, 5.74) is 0. The van der Waals surface area contributed by atoms with Crippen molar-refractivity contribution < 1.29 is 4.79 Å². The van der Waals surface area contributed by atoms with E-state index in [9.17, 15) is 4.79 Å². The molecule has 0 atom stereocenters. The number of allylic oxidation sites excluding steroid dienone is 2. The van der Waals surface area contributed by atoms with Crippen LogP contribution in [0.1, 0.15) is 6.92 Å². The van der Waals surface area contributed by atoms with E-state index in [1.165, 1.54) is 0 Å². The Balaban J connectivity index is 3.85. The van der Waals surface area contributed by atoms with E-state index in [1.807, 2.05) is 0 Å². The van der Waals surface area contributed by atoms with Crippen molar-refractivity contribution in [2.24, 2.45) is 0 Å². The molecule has 0 amide bonds. The molecule has 0 aromatic rings. The molecule has 0 unspecified atom stereocenters. The van der Waals surface area contributed by atoms with Crippen molar-refractivity contribution in [2.45, 2.75) is 6.92 Å². The second-order valence-electron chi connectivity index (χ2n) is 0.943. The van der Waals surface area contributed by atoms with Gasteiger partial charge in [-0.05, 0) is 6.92 Å². The summed E-state index contributed by atoms with van der Waals surface area (Å²) in [7, 11) is 0.302. The molecule has 0 radical (unpaired) electrons. The van der Waals surface area contributed by atoms with Gasteiger partial charge >= 0.3 is 0 Å². The van der Waals surface area contributed by atoms with Gasteiger partial charge in [-0.2, -0.15) is 0 Å². The van der Waals surface area contributed by atoms with Crippen LogP contribution in [0.2, 0.25) is 0 Å². The molecule has 0 rings (SSSR count). The second-order valence-corrected chi connectivity index (χ2v) is 1.68. The Labute approximate surface area is 43.9 Å². The molecule has 0 spiro atoms. The largest absolute Gasteiger partial charge is 0.297 e. The van der Waals surface area contributed by atoms with Crippen LogP contribution in [0.5, 0.6) is 0 Å². The Bertz CT molecular complexity index is 98.3. The normalized spacial score (nSPS) is 11.9. The first-order valence-electron chi connectivity index (χ1n) is 1.84. The summed E-state index contributed by atoms with van der Waals surface area (Å²) in [6.07, 6.45) is 2.32. The summed E-state index contributed by atoms with van der Waals surface area (Å²) in [4.78, 5) is 9.77. The fraction of sp³-hybridized carbons (Fsp3) is 0.250. The highest BCUT2D eigenvalue weighted by Gasteiger charge is 1.80. The summed E-state index contributed by atoms with van der Waals surface area (Å²) < 4.78 is 0. The van der Waals surface area contributed by atoms with Gasteiger partial charge in [0.1, 0.15) is 0 Å². The highest BCUT2D eigenvalue weighted by molar-refractivity contribution is 7.32. The van der Waals surface area contributed by atoms with Crippen LogP contribution in [0.25, 0.3) is 0 Å². The lowest BCUT2D eigenvalue weighted by molar-refractivity contribution is -0.104. The maximum Gasteiger partial charge on any atom is 0.155 e. The third kappa shape index (κ3) is 2.24. The standard InChI is InChI=1S/C4H6NOP/c1-2-4(3-6)7-5/h2-3,5H,1H3/b4-2-. The number of rotatable bonds is 2. The Morgan fingerprint density at radius 3 is 2.43 bits per heavy atom. The molecule has 0 saturated carbocycles. The molecular formula is C4H6NOP. The van der Waals surface area contributed by atoms with E-state index in [2.05, 4.69) is 0 Å². The highest BCUT2D eigenvalue weighted by atomic mass is 31.1.